The Bertz CT molecular complexity index is 3250. The molecular weight excluding hydrogens is 719 g/mol. The molecule has 0 radical (unpaired) electrons. The largest absolute Gasteiger partial charge is 0.309 e. The Morgan fingerprint density at radius 2 is 0.759 bits per heavy atom. The molecule has 10 aromatic carbocycles. The third kappa shape index (κ3) is 5.86. The molecule has 0 atom stereocenters. The molecule has 0 spiro atoms. The Balaban J connectivity index is 1.08. The van der Waals surface area contributed by atoms with Crippen LogP contribution < -0.4 is 4.90 Å². The lowest BCUT2D eigenvalue weighted by molar-refractivity contribution is 1.30. The number of benzene rings is 10. The Labute approximate surface area is 342 Å². The van der Waals surface area contributed by atoms with Crippen LogP contribution in [0.25, 0.3) is 86.2 Å². The van der Waals surface area contributed by atoms with Crippen molar-refractivity contribution in [2.75, 3.05) is 4.90 Å². The van der Waals surface area contributed by atoms with E-state index in [2.05, 4.69) is 229 Å². The lowest BCUT2D eigenvalue weighted by Gasteiger charge is -2.27. The second kappa shape index (κ2) is 14.4. The summed E-state index contributed by atoms with van der Waals surface area (Å²) >= 11 is 1.89. The van der Waals surface area contributed by atoms with E-state index in [0.29, 0.717) is 0 Å². The summed E-state index contributed by atoms with van der Waals surface area (Å²) in [5.41, 5.74) is 13.2. The number of fused-ring (bicyclic) bond motifs is 5. The van der Waals surface area contributed by atoms with Crippen molar-refractivity contribution >= 4 is 70.1 Å². The van der Waals surface area contributed by atoms with Gasteiger partial charge in [-0.2, -0.15) is 0 Å². The van der Waals surface area contributed by atoms with Crippen molar-refractivity contribution in [1.82, 2.24) is 0 Å². The highest BCUT2D eigenvalue weighted by atomic mass is 32.1. The summed E-state index contributed by atoms with van der Waals surface area (Å²) in [7, 11) is 0. The van der Waals surface area contributed by atoms with Crippen LogP contribution in [0.3, 0.4) is 0 Å². The average molecular weight is 756 g/mol. The first kappa shape index (κ1) is 34.0. The van der Waals surface area contributed by atoms with E-state index < -0.39 is 0 Å². The Morgan fingerprint density at radius 3 is 1.47 bits per heavy atom. The molecule has 58 heavy (non-hydrogen) atoms. The first-order chi connectivity index (χ1) is 28.8. The molecule has 0 saturated carbocycles. The normalized spacial score (nSPS) is 11.4. The van der Waals surface area contributed by atoms with Crippen molar-refractivity contribution in [2.45, 2.75) is 0 Å². The van der Waals surface area contributed by atoms with Gasteiger partial charge in [-0.3, -0.25) is 0 Å². The molecule has 0 bridgehead atoms. The molecule has 0 amide bonds. The topological polar surface area (TPSA) is 3.24 Å². The molecule has 0 fully saturated rings. The molecule has 11 rings (SSSR count). The lowest BCUT2D eigenvalue weighted by Crippen LogP contribution is -2.10. The Kier molecular flexibility index (Phi) is 8.42. The summed E-state index contributed by atoms with van der Waals surface area (Å²) in [6.07, 6.45) is 0. The second-order valence-corrected chi connectivity index (χ2v) is 15.9. The monoisotopic (exact) mass is 755 g/mol. The van der Waals surface area contributed by atoms with Crippen molar-refractivity contribution in [1.29, 1.82) is 0 Å². The number of nitrogens with zero attached hydrogens (tertiary/aromatic N) is 1. The first-order valence-electron chi connectivity index (χ1n) is 19.8. The van der Waals surface area contributed by atoms with E-state index in [4.69, 9.17) is 0 Å². The lowest BCUT2D eigenvalue weighted by atomic mass is 9.90. The molecule has 0 aliphatic rings. The van der Waals surface area contributed by atoms with Crippen LogP contribution >= 0.6 is 11.3 Å². The summed E-state index contributed by atoms with van der Waals surface area (Å²) in [6.45, 7) is 0. The zero-order chi connectivity index (χ0) is 38.4. The fourth-order valence-corrected chi connectivity index (χ4v) is 10.1. The van der Waals surface area contributed by atoms with Gasteiger partial charge in [-0.1, -0.05) is 194 Å². The quantitative estimate of drug-likeness (QED) is 0.157. The first-order valence-corrected chi connectivity index (χ1v) is 20.7. The average Bonchev–Trinajstić information content (AvgIpc) is 3.69. The van der Waals surface area contributed by atoms with Crippen molar-refractivity contribution in [3.8, 4) is 44.5 Å². The third-order valence-electron chi connectivity index (χ3n) is 11.5. The van der Waals surface area contributed by atoms with Gasteiger partial charge in [0.2, 0.25) is 0 Å². The van der Waals surface area contributed by atoms with Gasteiger partial charge in [0.1, 0.15) is 0 Å². The summed E-state index contributed by atoms with van der Waals surface area (Å²) in [4.78, 5) is 2.44. The summed E-state index contributed by atoms with van der Waals surface area (Å²) < 4.78 is 2.58. The number of anilines is 3. The minimum atomic E-state index is 1.11. The summed E-state index contributed by atoms with van der Waals surface area (Å²) in [5, 5.41) is 7.57. The van der Waals surface area contributed by atoms with E-state index in [1.165, 1.54) is 91.9 Å². The van der Waals surface area contributed by atoms with Crippen LogP contribution in [0, 0.1) is 0 Å². The summed E-state index contributed by atoms with van der Waals surface area (Å²) in [6, 6.07) is 81.8. The molecule has 0 N–H and O–H groups in total. The highest BCUT2D eigenvalue weighted by Gasteiger charge is 2.20. The van der Waals surface area contributed by atoms with Gasteiger partial charge in [0, 0.05) is 26.8 Å². The van der Waals surface area contributed by atoms with Gasteiger partial charge in [0.05, 0.1) is 10.4 Å². The zero-order valence-corrected chi connectivity index (χ0v) is 32.5. The van der Waals surface area contributed by atoms with Crippen LogP contribution in [0.5, 0.6) is 0 Å². The maximum Gasteiger partial charge on any atom is 0.0640 e. The van der Waals surface area contributed by atoms with E-state index in [0.717, 1.165) is 11.4 Å². The van der Waals surface area contributed by atoms with E-state index in [-0.39, 0.29) is 0 Å². The number of hydrogen-bond donors (Lipinski definition) is 0. The number of hydrogen-bond acceptors (Lipinski definition) is 2. The zero-order valence-electron chi connectivity index (χ0n) is 31.7. The van der Waals surface area contributed by atoms with Gasteiger partial charge in [-0.15, -0.1) is 11.3 Å². The van der Waals surface area contributed by atoms with E-state index in [1.54, 1.807) is 0 Å². The molecule has 0 aliphatic heterocycles. The Morgan fingerprint density at radius 1 is 0.276 bits per heavy atom. The van der Waals surface area contributed by atoms with Crippen LogP contribution in [0.15, 0.2) is 224 Å². The van der Waals surface area contributed by atoms with Crippen LogP contribution in [-0.4, -0.2) is 0 Å². The van der Waals surface area contributed by atoms with Gasteiger partial charge in [0.25, 0.3) is 0 Å². The fraction of sp³-hybridized carbons (Fsp3) is 0. The Hall–Kier alpha value is -7.26. The molecule has 0 saturated heterocycles. The highest BCUT2D eigenvalue weighted by Crippen LogP contribution is 2.48. The smallest absolute Gasteiger partial charge is 0.0640 e. The van der Waals surface area contributed by atoms with Gasteiger partial charge in [-0.05, 0) is 96.4 Å². The molecule has 0 aliphatic carbocycles. The van der Waals surface area contributed by atoms with E-state index in [9.17, 15) is 0 Å². The van der Waals surface area contributed by atoms with Gasteiger partial charge in [0.15, 0.2) is 0 Å². The van der Waals surface area contributed by atoms with Crippen molar-refractivity contribution in [2.24, 2.45) is 0 Å². The molecule has 11 aromatic rings. The van der Waals surface area contributed by atoms with Gasteiger partial charge < -0.3 is 4.90 Å². The van der Waals surface area contributed by atoms with Gasteiger partial charge in [-0.25, -0.2) is 0 Å². The predicted octanol–water partition coefficient (Wildman–Crippen LogP) is 16.5. The van der Waals surface area contributed by atoms with Crippen molar-refractivity contribution < 1.29 is 0 Å². The second-order valence-electron chi connectivity index (χ2n) is 14.8. The van der Waals surface area contributed by atoms with Gasteiger partial charge >= 0.3 is 0 Å². The van der Waals surface area contributed by atoms with E-state index in [1.807, 2.05) is 11.3 Å². The van der Waals surface area contributed by atoms with Crippen molar-refractivity contribution in [3.05, 3.63) is 224 Å². The standard InChI is InChI=1S/C56H37NS/c1-3-14-39(15-4-1)50-24-12-25-51-52-26-13-27-53(56(52)58-55(50)51)57(44-33-28-41(29-34-44)47-23-11-20-38-16-7-9-21-46(38)47)45-35-30-42(31-36-45)49-37-32-40-17-8-10-22-48(40)54(49)43-18-5-2-6-19-43/h1-37H. The maximum absolute atomic E-state index is 2.44. The van der Waals surface area contributed by atoms with Crippen LogP contribution in [0.1, 0.15) is 0 Å². The van der Waals surface area contributed by atoms with Crippen LogP contribution in [0.4, 0.5) is 17.1 Å². The van der Waals surface area contributed by atoms with Crippen LogP contribution in [-0.2, 0) is 0 Å². The number of rotatable bonds is 7. The molecule has 2 heteroatoms. The van der Waals surface area contributed by atoms with Crippen molar-refractivity contribution in [3.63, 3.8) is 0 Å². The SMILES string of the molecule is c1ccc(-c2c(-c3ccc(N(c4ccc(-c5cccc6ccccc56)cc4)c4cccc5c4sc4c(-c6ccccc6)cccc45)cc3)ccc3ccccc23)cc1. The molecular formula is C56H37NS. The predicted molar refractivity (Wildman–Crippen MR) is 251 cm³/mol. The molecule has 1 heterocycles. The minimum Gasteiger partial charge on any atom is -0.309 e. The molecule has 272 valence electrons. The van der Waals surface area contributed by atoms with Crippen LogP contribution in [0.2, 0.25) is 0 Å². The molecule has 1 nitrogen and oxygen atoms in total. The third-order valence-corrected chi connectivity index (χ3v) is 12.8. The molecule has 1 aromatic heterocycles. The van der Waals surface area contributed by atoms with E-state index >= 15 is 0 Å². The maximum atomic E-state index is 2.44. The highest BCUT2D eigenvalue weighted by molar-refractivity contribution is 7.27. The number of thiophene rings is 1. The molecule has 0 unspecified atom stereocenters. The summed E-state index contributed by atoms with van der Waals surface area (Å²) in [5.74, 6) is 0. The fourth-order valence-electron chi connectivity index (χ4n) is 8.74. The minimum absolute atomic E-state index is 1.11.